The third-order valence-electron chi connectivity index (χ3n) is 2.18. The standard InChI is InChI=1S/C9H15NO/c1-2-3-7-10(11)8-5-4-6-9-10/h4-9H2,1H3. The lowest BCUT2D eigenvalue weighted by Crippen LogP contribution is -2.46. The molecule has 0 aliphatic carbocycles. The molecule has 1 rings (SSSR count). The van der Waals surface area contributed by atoms with Crippen LogP contribution in [-0.2, 0) is 0 Å². The molecule has 11 heavy (non-hydrogen) atoms. The highest BCUT2D eigenvalue weighted by Gasteiger charge is 2.18. The van der Waals surface area contributed by atoms with Crippen molar-refractivity contribution < 1.29 is 4.65 Å². The number of hydrogen-bond donors (Lipinski definition) is 0. The summed E-state index contributed by atoms with van der Waals surface area (Å²) in [7, 11) is 0. The zero-order chi connectivity index (χ0) is 8.16. The van der Waals surface area contributed by atoms with E-state index in [-0.39, 0.29) is 4.65 Å². The quantitative estimate of drug-likeness (QED) is 0.318. The number of hydrogen-bond acceptors (Lipinski definition) is 1. The lowest BCUT2D eigenvalue weighted by atomic mass is 10.1. The maximum absolute atomic E-state index is 11.7. The van der Waals surface area contributed by atoms with Gasteiger partial charge < -0.3 is 9.85 Å². The number of quaternary nitrogens is 1. The summed E-state index contributed by atoms with van der Waals surface area (Å²) in [4.78, 5) is 0. The molecule has 1 aliphatic heterocycles. The molecule has 0 bridgehead atoms. The van der Waals surface area contributed by atoms with Crippen molar-refractivity contribution in [2.24, 2.45) is 0 Å². The molecule has 62 valence electrons. The average molecular weight is 153 g/mol. The first-order chi connectivity index (χ1) is 5.27. The van der Waals surface area contributed by atoms with E-state index in [0.717, 1.165) is 25.9 Å². The van der Waals surface area contributed by atoms with Gasteiger partial charge in [0, 0.05) is 0 Å². The van der Waals surface area contributed by atoms with E-state index in [1.165, 1.54) is 6.42 Å². The van der Waals surface area contributed by atoms with E-state index in [2.05, 4.69) is 11.8 Å². The van der Waals surface area contributed by atoms with Crippen LogP contribution in [0.2, 0.25) is 0 Å². The van der Waals surface area contributed by atoms with Crippen LogP contribution >= 0.6 is 0 Å². The van der Waals surface area contributed by atoms with Gasteiger partial charge in [-0.25, -0.2) is 0 Å². The van der Waals surface area contributed by atoms with Gasteiger partial charge in [0.05, 0.1) is 13.1 Å². The Hall–Kier alpha value is -0.520. The van der Waals surface area contributed by atoms with Crippen molar-refractivity contribution in [3.63, 3.8) is 0 Å². The monoisotopic (exact) mass is 153 g/mol. The second-order valence-corrected chi connectivity index (χ2v) is 3.15. The summed E-state index contributed by atoms with van der Waals surface area (Å²) in [5.74, 6) is 5.64. The lowest BCUT2D eigenvalue weighted by Gasteiger charge is -2.43. The second kappa shape index (κ2) is 3.75. The Kier molecular flexibility index (Phi) is 2.92. The minimum Gasteiger partial charge on any atom is -0.632 e. The van der Waals surface area contributed by atoms with Crippen LogP contribution in [0.15, 0.2) is 0 Å². The van der Waals surface area contributed by atoms with E-state index < -0.39 is 0 Å². The molecule has 0 saturated carbocycles. The Morgan fingerprint density at radius 1 is 1.27 bits per heavy atom. The highest BCUT2D eigenvalue weighted by atomic mass is 16.5. The number of hydroxylamine groups is 3. The Morgan fingerprint density at radius 3 is 2.45 bits per heavy atom. The molecule has 0 amide bonds. The molecule has 2 nitrogen and oxygen atoms in total. The van der Waals surface area contributed by atoms with Crippen LogP contribution in [0.1, 0.15) is 26.2 Å². The third-order valence-corrected chi connectivity index (χ3v) is 2.18. The minimum atomic E-state index is -0.0686. The first-order valence-corrected chi connectivity index (χ1v) is 4.23. The van der Waals surface area contributed by atoms with Crippen molar-refractivity contribution in [3.8, 4) is 11.8 Å². The van der Waals surface area contributed by atoms with Crippen LogP contribution < -0.4 is 0 Å². The van der Waals surface area contributed by atoms with Crippen molar-refractivity contribution in [1.29, 1.82) is 0 Å². The third kappa shape index (κ3) is 2.53. The molecule has 0 unspecified atom stereocenters. The van der Waals surface area contributed by atoms with Crippen molar-refractivity contribution in [1.82, 2.24) is 0 Å². The minimum absolute atomic E-state index is 0.0686. The van der Waals surface area contributed by atoms with Crippen molar-refractivity contribution in [3.05, 3.63) is 5.21 Å². The number of piperidine rings is 1. The molecule has 0 aromatic carbocycles. The van der Waals surface area contributed by atoms with Crippen LogP contribution in [-0.4, -0.2) is 24.3 Å². The van der Waals surface area contributed by atoms with Gasteiger partial charge >= 0.3 is 0 Å². The summed E-state index contributed by atoms with van der Waals surface area (Å²) in [6.45, 7) is 3.83. The number of rotatable bonds is 1. The summed E-state index contributed by atoms with van der Waals surface area (Å²) >= 11 is 0. The van der Waals surface area contributed by atoms with E-state index in [1.54, 1.807) is 6.92 Å². The van der Waals surface area contributed by atoms with E-state index in [0.29, 0.717) is 6.54 Å². The zero-order valence-electron chi connectivity index (χ0n) is 7.10. The van der Waals surface area contributed by atoms with Crippen LogP contribution in [0, 0.1) is 17.0 Å². The second-order valence-electron chi connectivity index (χ2n) is 3.15. The van der Waals surface area contributed by atoms with Crippen LogP contribution in [0.5, 0.6) is 0 Å². The molecule has 0 N–H and O–H groups in total. The Morgan fingerprint density at radius 2 is 1.91 bits per heavy atom. The van der Waals surface area contributed by atoms with E-state index in [1.807, 2.05) is 0 Å². The van der Waals surface area contributed by atoms with Crippen LogP contribution in [0.4, 0.5) is 0 Å². The van der Waals surface area contributed by atoms with Gasteiger partial charge in [-0.3, -0.25) is 0 Å². The van der Waals surface area contributed by atoms with Gasteiger partial charge in [0.2, 0.25) is 0 Å². The van der Waals surface area contributed by atoms with Gasteiger partial charge in [-0.05, 0) is 32.1 Å². The summed E-state index contributed by atoms with van der Waals surface area (Å²) in [6, 6.07) is 0. The molecule has 1 aliphatic rings. The van der Waals surface area contributed by atoms with Gasteiger partial charge in [0.25, 0.3) is 0 Å². The Balaban J connectivity index is 2.41. The predicted octanol–water partition coefficient (Wildman–Crippen LogP) is 1.51. The summed E-state index contributed by atoms with van der Waals surface area (Å²) < 4.78 is -0.0686. The molecule has 1 heterocycles. The smallest absolute Gasteiger partial charge is 0.140 e. The van der Waals surface area contributed by atoms with Gasteiger partial charge in [0.1, 0.15) is 6.54 Å². The van der Waals surface area contributed by atoms with Crippen molar-refractivity contribution in [2.75, 3.05) is 19.6 Å². The SMILES string of the molecule is CC#CC[N+]1([O-])CCCCC1. The fraction of sp³-hybridized carbons (Fsp3) is 0.778. The highest BCUT2D eigenvalue weighted by molar-refractivity contribution is 4.95. The van der Waals surface area contributed by atoms with Gasteiger partial charge in [-0.1, -0.05) is 0 Å². The average Bonchev–Trinajstić information content (AvgIpc) is 2.03. The fourth-order valence-electron chi connectivity index (χ4n) is 1.47. The van der Waals surface area contributed by atoms with Crippen molar-refractivity contribution >= 4 is 0 Å². The molecule has 1 saturated heterocycles. The Labute approximate surface area is 68.4 Å². The molecule has 0 aromatic heterocycles. The summed E-state index contributed by atoms with van der Waals surface area (Å²) in [5.41, 5.74) is 0. The number of likely N-dealkylation sites (tertiary alicyclic amines) is 1. The number of nitrogens with zero attached hydrogens (tertiary/aromatic N) is 1. The highest BCUT2D eigenvalue weighted by Crippen LogP contribution is 2.15. The lowest BCUT2D eigenvalue weighted by molar-refractivity contribution is -0.878. The van der Waals surface area contributed by atoms with Crippen molar-refractivity contribution in [2.45, 2.75) is 26.2 Å². The van der Waals surface area contributed by atoms with Crippen LogP contribution in [0.3, 0.4) is 0 Å². The molecule has 1 fully saturated rings. The molecule has 0 aromatic rings. The van der Waals surface area contributed by atoms with E-state index in [4.69, 9.17) is 0 Å². The fourth-order valence-corrected chi connectivity index (χ4v) is 1.47. The first-order valence-electron chi connectivity index (χ1n) is 4.23. The topological polar surface area (TPSA) is 23.1 Å². The molecule has 0 radical (unpaired) electrons. The zero-order valence-corrected chi connectivity index (χ0v) is 7.10. The molecular weight excluding hydrogens is 138 g/mol. The summed E-state index contributed by atoms with van der Waals surface area (Å²) in [6.07, 6.45) is 3.38. The summed E-state index contributed by atoms with van der Waals surface area (Å²) in [5, 5.41) is 11.7. The molecule has 2 heteroatoms. The van der Waals surface area contributed by atoms with Crippen LogP contribution in [0.25, 0.3) is 0 Å². The molecule has 0 spiro atoms. The molecule has 0 atom stereocenters. The van der Waals surface area contributed by atoms with E-state index in [9.17, 15) is 5.21 Å². The Bertz CT molecular complexity index is 172. The van der Waals surface area contributed by atoms with Gasteiger partial charge in [-0.2, -0.15) is 0 Å². The maximum atomic E-state index is 11.7. The van der Waals surface area contributed by atoms with Gasteiger partial charge in [-0.15, -0.1) is 5.92 Å². The molecular formula is C9H15NO. The largest absolute Gasteiger partial charge is 0.632 e. The maximum Gasteiger partial charge on any atom is 0.140 e. The normalized spacial score (nSPS) is 22.0. The first kappa shape index (κ1) is 8.58. The van der Waals surface area contributed by atoms with Gasteiger partial charge in [0.15, 0.2) is 0 Å². The van der Waals surface area contributed by atoms with E-state index >= 15 is 0 Å². The predicted molar refractivity (Wildman–Crippen MR) is 45.5 cm³/mol.